The van der Waals surface area contributed by atoms with Gasteiger partial charge in [-0.3, -0.25) is 9.59 Å². The second kappa shape index (κ2) is 7.14. The molecule has 0 aliphatic rings. The van der Waals surface area contributed by atoms with Gasteiger partial charge in [-0.05, 0) is 31.5 Å². The Kier molecular flexibility index (Phi) is 5.83. The van der Waals surface area contributed by atoms with Gasteiger partial charge in [0.15, 0.2) is 0 Å². The van der Waals surface area contributed by atoms with Crippen LogP contribution in [0.5, 0.6) is 0 Å². The summed E-state index contributed by atoms with van der Waals surface area (Å²) in [7, 11) is 1.33. The molecule has 0 saturated carbocycles. The quantitative estimate of drug-likeness (QED) is 0.781. The van der Waals surface area contributed by atoms with Crippen LogP contribution in [0.4, 0.5) is 0 Å². The summed E-state index contributed by atoms with van der Waals surface area (Å²) < 4.78 is 4.57. The first-order valence-corrected chi connectivity index (χ1v) is 6.49. The summed E-state index contributed by atoms with van der Waals surface area (Å²) in [6.07, 6.45) is 0.190. The molecule has 19 heavy (non-hydrogen) atoms. The molecule has 1 aromatic carbocycles. The molecule has 0 unspecified atom stereocenters. The highest BCUT2D eigenvalue weighted by molar-refractivity contribution is 6.31. The monoisotopic (exact) mass is 283 g/mol. The summed E-state index contributed by atoms with van der Waals surface area (Å²) in [5.74, 6) is -0.457. The molecule has 0 fully saturated rings. The van der Waals surface area contributed by atoms with Gasteiger partial charge in [-0.1, -0.05) is 17.7 Å². The lowest BCUT2D eigenvalue weighted by molar-refractivity contribution is -0.140. The smallest absolute Gasteiger partial charge is 0.307 e. The van der Waals surface area contributed by atoms with Gasteiger partial charge < -0.3 is 9.64 Å². The second-order valence-corrected chi connectivity index (χ2v) is 4.58. The van der Waals surface area contributed by atoms with E-state index in [-0.39, 0.29) is 18.3 Å². The SMILES string of the molecule is CCN(CCC(=O)OC)C(=O)c1ccc(C)c(Cl)c1. The summed E-state index contributed by atoms with van der Waals surface area (Å²) in [5.41, 5.74) is 1.46. The van der Waals surface area contributed by atoms with Crippen molar-refractivity contribution in [1.82, 2.24) is 4.90 Å². The van der Waals surface area contributed by atoms with Crippen molar-refractivity contribution in [3.8, 4) is 0 Å². The molecule has 104 valence electrons. The van der Waals surface area contributed by atoms with Crippen molar-refractivity contribution in [3.05, 3.63) is 34.3 Å². The average Bonchev–Trinajstić information content (AvgIpc) is 2.41. The molecular formula is C14H18ClNO3. The fourth-order valence-corrected chi connectivity index (χ4v) is 1.82. The maximum atomic E-state index is 12.3. The molecule has 0 aliphatic carbocycles. The molecular weight excluding hydrogens is 266 g/mol. The number of nitrogens with zero attached hydrogens (tertiary/aromatic N) is 1. The van der Waals surface area contributed by atoms with Crippen LogP contribution in [-0.2, 0) is 9.53 Å². The number of hydrogen-bond donors (Lipinski definition) is 0. The molecule has 0 aliphatic heterocycles. The Bertz CT molecular complexity index is 474. The third-order valence-electron chi connectivity index (χ3n) is 2.90. The van der Waals surface area contributed by atoms with Crippen LogP contribution in [0.3, 0.4) is 0 Å². The number of benzene rings is 1. The van der Waals surface area contributed by atoms with E-state index in [1.807, 2.05) is 19.9 Å². The molecule has 0 N–H and O–H groups in total. The molecule has 5 heteroatoms. The van der Waals surface area contributed by atoms with E-state index in [2.05, 4.69) is 4.74 Å². The predicted molar refractivity (Wildman–Crippen MR) is 74.4 cm³/mol. The fourth-order valence-electron chi connectivity index (χ4n) is 1.64. The van der Waals surface area contributed by atoms with Gasteiger partial charge >= 0.3 is 5.97 Å². The zero-order chi connectivity index (χ0) is 14.4. The van der Waals surface area contributed by atoms with Gasteiger partial charge in [-0.2, -0.15) is 0 Å². The Labute approximate surface area is 118 Å². The minimum absolute atomic E-state index is 0.131. The summed E-state index contributed by atoms with van der Waals surface area (Å²) in [4.78, 5) is 25.0. The van der Waals surface area contributed by atoms with E-state index < -0.39 is 0 Å². The lowest BCUT2D eigenvalue weighted by atomic mass is 10.1. The summed E-state index contributed by atoms with van der Waals surface area (Å²) >= 11 is 6.01. The average molecular weight is 284 g/mol. The highest BCUT2D eigenvalue weighted by Gasteiger charge is 2.16. The highest BCUT2D eigenvalue weighted by Crippen LogP contribution is 2.18. The van der Waals surface area contributed by atoms with Gasteiger partial charge in [0, 0.05) is 23.7 Å². The van der Waals surface area contributed by atoms with E-state index in [9.17, 15) is 9.59 Å². The Morgan fingerprint density at radius 3 is 2.58 bits per heavy atom. The van der Waals surface area contributed by atoms with Crippen molar-refractivity contribution in [2.45, 2.75) is 20.3 Å². The molecule has 0 radical (unpaired) electrons. The number of carbonyl (C=O) groups is 2. The molecule has 0 bridgehead atoms. The molecule has 1 amide bonds. The van der Waals surface area contributed by atoms with E-state index in [1.165, 1.54) is 7.11 Å². The predicted octanol–water partition coefficient (Wildman–Crippen LogP) is 2.67. The lowest BCUT2D eigenvalue weighted by Crippen LogP contribution is -2.33. The maximum Gasteiger partial charge on any atom is 0.307 e. The molecule has 0 saturated heterocycles. The minimum Gasteiger partial charge on any atom is -0.469 e. The maximum absolute atomic E-state index is 12.3. The molecule has 0 atom stereocenters. The van der Waals surface area contributed by atoms with E-state index in [0.717, 1.165) is 5.56 Å². The zero-order valence-corrected chi connectivity index (χ0v) is 12.2. The highest BCUT2D eigenvalue weighted by atomic mass is 35.5. The first-order chi connectivity index (χ1) is 8.99. The van der Waals surface area contributed by atoms with Gasteiger partial charge in [0.2, 0.25) is 0 Å². The molecule has 1 aromatic rings. The van der Waals surface area contributed by atoms with Crippen LogP contribution in [0.1, 0.15) is 29.3 Å². The van der Waals surface area contributed by atoms with Crippen LogP contribution in [0, 0.1) is 6.92 Å². The van der Waals surface area contributed by atoms with Crippen LogP contribution in [0.25, 0.3) is 0 Å². The van der Waals surface area contributed by atoms with Crippen LogP contribution < -0.4 is 0 Å². The van der Waals surface area contributed by atoms with Crippen LogP contribution in [0.15, 0.2) is 18.2 Å². The fraction of sp³-hybridized carbons (Fsp3) is 0.429. The Morgan fingerprint density at radius 1 is 1.37 bits per heavy atom. The normalized spacial score (nSPS) is 10.1. The van der Waals surface area contributed by atoms with Crippen LogP contribution in [0.2, 0.25) is 5.02 Å². The third-order valence-corrected chi connectivity index (χ3v) is 3.31. The Balaban J connectivity index is 2.77. The Morgan fingerprint density at radius 2 is 2.05 bits per heavy atom. The van der Waals surface area contributed by atoms with Crippen molar-refractivity contribution in [2.24, 2.45) is 0 Å². The van der Waals surface area contributed by atoms with E-state index in [4.69, 9.17) is 11.6 Å². The first-order valence-electron chi connectivity index (χ1n) is 6.11. The minimum atomic E-state index is -0.326. The zero-order valence-electron chi connectivity index (χ0n) is 11.4. The number of methoxy groups -OCH3 is 1. The van der Waals surface area contributed by atoms with E-state index in [1.54, 1.807) is 17.0 Å². The van der Waals surface area contributed by atoms with Gasteiger partial charge in [0.05, 0.1) is 13.5 Å². The van der Waals surface area contributed by atoms with Gasteiger partial charge in [-0.25, -0.2) is 0 Å². The van der Waals surface area contributed by atoms with Crippen LogP contribution in [-0.4, -0.2) is 37.0 Å². The largest absolute Gasteiger partial charge is 0.469 e. The number of hydrogen-bond acceptors (Lipinski definition) is 3. The lowest BCUT2D eigenvalue weighted by Gasteiger charge is -2.20. The molecule has 0 spiro atoms. The van der Waals surface area contributed by atoms with Crippen molar-refractivity contribution >= 4 is 23.5 Å². The first kappa shape index (κ1) is 15.5. The number of esters is 1. The molecule has 0 aromatic heterocycles. The van der Waals surface area contributed by atoms with Crippen molar-refractivity contribution in [2.75, 3.05) is 20.2 Å². The van der Waals surface area contributed by atoms with Crippen molar-refractivity contribution < 1.29 is 14.3 Å². The number of ether oxygens (including phenoxy) is 1. The van der Waals surface area contributed by atoms with Gasteiger partial charge in [0.25, 0.3) is 5.91 Å². The van der Waals surface area contributed by atoms with Crippen molar-refractivity contribution in [1.29, 1.82) is 0 Å². The van der Waals surface area contributed by atoms with Gasteiger partial charge in [-0.15, -0.1) is 0 Å². The third kappa shape index (κ3) is 4.24. The van der Waals surface area contributed by atoms with E-state index in [0.29, 0.717) is 23.7 Å². The standard InChI is InChI=1S/C14H18ClNO3/c1-4-16(8-7-13(17)19-3)14(18)11-6-5-10(2)12(15)9-11/h5-6,9H,4,7-8H2,1-3H3. The molecule has 1 rings (SSSR count). The number of amides is 1. The number of halogens is 1. The van der Waals surface area contributed by atoms with Crippen LogP contribution >= 0.6 is 11.6 Å². The summed E-state index contributed by atoms with van der Waals surface area (Å²) in [5, 5.41) is 0.565. The Hall–Kier alpha value is -1.55. The second-order valence-electron chi connectivity index (χ2n) is 4.17. The number of aryl methyl sites for hydroxylation is 1. The van der Waals surface area contributed by atoms with E-state index >= 15 is 0 Å². The summed E-state index contributed by atoms with van der Waals surface area (Å²) in [6, 6.07) is 5.20. The van der Waals surface area contributed by atoms with Gasteiger partial charge in [0.1, 0.15) is 0 Å². The number of rotatable bonds is 5. The summed E-state index contributed by atoms with van der Waals surface area (Å²) in [6.45, 7) is 4.62. The topological polar surface area (TPSA) is 46.6 Å². The molecule has 4 nitrogen and oxygen atoms in total. The number of carbonyl (C=O) groups excluding carboxylic acids is 2. The molecule has 0 heterocycles. The van der Waals surface area contributed by atoms with Crippen molar-refractivity contribution in [3.63, 3.8) is 0 Å².